The van der Waals surface area contributed by atoms with Crippen LogP contribution >= 0.6 is 11.6 Å². The third-order valence-corrected chi connectivity index (χ3v) is 3.65. The first-order chi connectivity index (χ1) is 12.6. The number of aromatic nitrogens is 3. The molecule has 3 aromatic rings. The summed E-state index contributed by atoms with van der Waals surface area (Å²) in [5, 5.41) is 15.4. The van der Waals surface area contributed by atoms with Crippen LogP contribution in [-0.4, -0.2) is 32.6 Å². The summed E-state index contributed by atoms with van der Waals surface area (Å²) in [6.45, 7) is 0.233. The molecule has 0 fully saturated rings. The number of halogens is 1. The Bertz CT molecular complexity index is 905. The minimum atomic E-state index is -0.995. The van der Waals surface area contributed by atoms with Crippen molar-refractivity contribution in [1.29, 1.82) is 0 Å². The van der Waals surface area contributed by atoms with Gasteiger partial charge in [0.2, 0.25) is 5.95 Å². The molecule has 3 N–H and O–H groups in total. The molecule has 8 heteroatoms. The van der Waals surface area contributed by atoms with E-state index in [4.69, 9.17) is 16.7 Å². The van der Waals surface area contributed by atoms with E-state index in [1.54, 1.807) is 12.3 Å². The van der Waals surface area contributed by atoms with E-state index >= 15 is 0 Å². The fourth-order valence-corrected chi connectivity index (χ4v) is 2.47. The van der Waals surface area contributed by atoms with Gasteiger partial charge < -0.3 is 15.7 Å². The van der Waals surface area contributed by atoms with Crippen LogP contribution in [-0.2, 0) is 11.3 Å². The Kier molecular flexibility index (Phi) is 5.60. The smallest absolute Gasteiger partial charge is 0.322 e. The monoisotopic (exact) mass is 369 g/mol. The molecule has 0 spiro atoms. The van der Waals surface area contributed by atoms with Crippen LogP contribution in [0.4, 0.5) is 11.8 Å². The summed E-state index contributed by atoms with van der Waals surface area (Å²) in [4.78, 5) is 23.7. The molecule has 7 nitrogen and oxygen atoms in total. The molecule has 0 atom stereocenters. The van der Waals surface area contributed by atoms with E-state index in [9.17, 15) is 4.79 Å². The van der Waals surface area contributed by atoms with Crippen molar-refractivity contribution in [2.24, 2.45) is 0 Å². The molecule has 2 aromatic heterocycles. The van der Waals surface area contributed by atoms with Gasteiger partial charge >= 0.3 is 5.97 Å². The SMILES string of the molecule is O=C(O)CNc1nc(NCc2cccc(Cl)c2)cc(-c2ccccn2)n1. The predicted molar refractivity (Wildman–Crippen MR) is 100 cm³/mol. The van der Waals surface area contributed by atoms with Crippen molar-refractivity contribution in [3.63, 3.8) is 0 Å². The van der Waals surface area contributed by atoms with Gasteiger partial charge in [0.05, 0.1) is 11.4 Å². The fraction of sp³-hybridized carbons (Fsp3) is 0.111. The van der Waals surface area contributed by atoms with Gasteiger partial charge in [-0.05, 0) is 29.8 Å². The molecule has 0 aliphatic rings. The van der Waals surface area contributed by atoms with Crippen molar-refractivity contribution < 1.29 is 9.90 Å². The highest BCUT2D eigenvalue weighted by Gasteiger charge is 2.09. The topological polar surface area (TPSA) is 100 Å². The average Bonchev–Trinajstić information content (AvgIpc) is 2.65. The maximum absolute atomic E-state index is 10.8. The Morgan fingerprint density at radius 1 is 1.04 bits per heavy atom. The lowest BCUT2D eigenvalue weighted by atomic mass is 10.2. The third-order valence-electron chi connectivity index (χ3n) is 3.41. The van der Waals surface area contributed by atoms with Crippen LogP contribution in [0.15, 0.2) is 54.7 Å². The normalized spacial score (nSPS) is 10.3. The first kappa shape index (κ1) is 17.6. The van der Waals surface area contributed by atoms with Crippen molar-refractivity contribution in [2.45, 2.75) is 6.54 Å². The molecule has 2 heterocycles. The number of carboxylic acid groups (broad SMARTS) is 1. The van der Waals surface area contributed by atoms with E-state index < -0.39 is 5.97 Å². The number of nitrogens with zero attached hydrogens (tertiary/aromatic N) is 3. The molecule has 0 bridgehead atoms. The van der Waals surface area contributed by atoms with Gasteiger partial charge in [0.15, 0.2) is 0 Å². The molecule has 0 aliphatic heterocycles. The average molecular weight is 370 g/mol. The summed E-state index contributed by atoms with van der Waals surface area (Å²) in [5.41, 5.74) is 2.25. The van der Waals surface area contributed by atoms with Gasteiger partial charge in [0, 0.05) is 23.8 Å². The second-order valence-corrected chi connectivity index (χ2v) is 5.84. The number of carboxylic acids is 1. The Morgan fingerprint density at radius 3 is 2.65 bits per heavy atom. The van der Waals surface area contributed by atoms with Crippen LogP contribution in [0.1, 0.15) is 5.56 Å². The maximum atomic E-state index is 10.8. The Morgan fingerprint density at radius 2 is 1.92 bits per heavy atom. The molecule has 26 heavy (non-hydrogen) atoms. The van der Waals surface area contributed by atoms with Gasteiger partial charge in [-0.1, -0.05) is 29.8 Å². The molecule has 132 valence electrons. The number of hydrogen-bond donors (Lipinski definition) is 3. The summed E-state index contributed by atoms with van der Waals surface area (Å²) in [7, 11) is 0. The summed E-state index contributed by atoms with van der Waals surface area (Å²) in [6.07, 6.45) is 1.67. The van der Waals surface area contributed by atoms with Gasteiger partial charge in [-0.2, -0.15) is 4.98 Å². The summed E-state index contributed by atoms with van der Waals surface area (Å²) >= 11 is 6.00. The number of carbonyl (C=O) groups is 1. The fourth-order valence-electron chi connectivity index (χ4n) is 2.26. The van der Waals surface area contributed by atoms with Crippen LogP contribution in [0.2, 0.25) is 5.02 Å². The van der Waals surface area contributed by atoms with E-state index in [1.807, 2.05) is 42.5 Å². The van der Waals surface area contributed by atoms with Crippen molar-refractivity contribution in [3.8, 4) is 11.4 Å². The molecule has 0 unspecified atom stereocenters. The molecule has 3 rings (SSSR count). The summed E-state index contributed by atoms with van der Waals surface area (Å²) in [6, 6.07) is 14.7. The third kappa shape index (κ3) is 4.90. The highest BCUT2D eigenvalue weighted by atomic mass is 35.5. The van der Waals surface area contributed by atoms with E-state index in [-0.39, 0.29) is 12.5 Å². The molecular formula is C18H16ClN5O2. The number of anilines is 2. The number of benzene rings is 1. The highest BCUT2D eigenvalue weighted by Crippen LogP contribution is 2.20. The van der Waals surface area contributed by atoms with Crippen LogP contribution in [0.25, 0.3) is 11.4 Å². The Hall–Kier alpha value is -3.19. The van der Waals surface area contributed by atoms with Crippen LogP contribution in [0, 0.1) is 0 Å². The largest absolute Gasteiger partial charge is 0.480 e. The highest BCUT2D eigenvalue weighted by molar-refractivity contribution is 6.30. The zero-order valence-electron chi connectivity index (χ0n) is 13.7. The van der Waals surface area contributed by atoms with Crippen molar-refractivity contribution in [3.05, 3.63) is 65.3 Å². The maximum Gasteiger partial charge on any atom is 0.322 e. The van der Waals surface area contributed by atoms with Crippen molar-refractivity contribution >= 4 is 29.3 Å². The Labute approximate surface area is 155 Å². The zero-order chi connectivity index (χ0) is 18.4. The summed E-state index contributed by atoms with van der Waals surface area (Å²) < 4.78 is 0. The van der Waals surface area contributed by atoms with Gasteiger partial charge in [-0.3, -0.25) is 9.78 Å². The lowest BCUT2D eigenvalue weighted by Gasteiger charge is -2.10. The van der Waals surface area contributed by atoms with Crippen LogP contribution in [0.5, 0.6) is 0 Å². The standard InChI is InChI=1S/C18H16ClN5O2/c19-13-5-3-4-12(8-13)10-21-16-9-15(14-6-1-2-7-20-14)23-18(24-16)22-11-17(25)26/h1-9H,10-11H2,(H,25,26)(H2,21,22,23,24). The Balaban J connectivity index is 1.85. The number of pyridine rings is 1. The quantitative estimate of drug-likeness (QED) is 0.587. The second kappa shape index (κ2) is 8.26. The molecular weight excluding hydrogens is 354 g/mol. The minimum absolute atomic E-state index is 0.212. The predicted octanol–water partition coefficient (Wildman–Crippen LogP) is 3.30. The van der Waals surface area contributed by atoms with E-state index in [2.05, 4.69) is 25.6 Å². The number of hydrogen-bond acceptors (Lipinski definition) is 6. The van der Waals surface area contributed by atoms with Crippen LogP contribution < -0.4 is 10.6 Å². The molecule has 0 aliphatic carbocycles. The van der Waals surface area contributed by atoms with Crippen molar-refractivity contribution in [2.75, 3.05) is 17.2 Å². The lowest BCUT2D eigenvalue weighted by Crippen LogP contribution is -2.15. The summed E-state index contributed by atoms with van der Waals surface area (Å²) in [5.74, 6) is -0.233. The zero-order valence-corrected chi connectivity index (χ0v) is 14.4. The van der Waals surface area contributed by atoms with Crippen molar-refractivity contribution in [1.82, 2.24) is 15.0 Å². The first-order valence-electron chi connectivity index (χ1n) is 7.84. The molecule has 0 radical (unpaired) electrons. The van der Waals surface area contributed by atoms with Crippen LogP contribution in [0.3, 0.4) is 0 Å². The van der Waals surface area contributed by atoms with E-state index in [0.717, 1.165) is 5.56 Å². The second-order valence-electron chi connectivity index (χ2n) is 5.41. The molecule has 0 amide bonds. The molecule has 0 saturated heterocycles. The molecule has 1 aromatic carbocycles. The van der Waals surface area contributed by atoms with Gasteiger partial charge in [-0.25, -0.2) is 4.98 Å². The van der Waals surface area contributed by atoms with Gasteiger partial charge in [0.1, 0.15) is 12.4 Å². The molecule has 0 saturated carbocycles. The number of nitrogens with one attached hydrogen (secondary N) is 2. The number of aliphatic carboxylic acids is 1. The van der Waals surface area contributed by atoms with Gasteiger partial charge in [-0.15, -0.1) is 0 Å². The van der Waals surface area contributed by atoms with E-state index in [0.29, 0.717) is 28.8 Å². The van der Waals surface area contributed by atoms with Gasteiger partial charge in [0.25, 0.3) is 0 Å². The first-order valence-corrected chi connectivity index (χ1v) is 8.22. The lowest BCUT2D eigenvalue weighted by molar-refractivity contribution is -0.134. The minimum Gasteiger partial charge on any atom is -0.480 e. The number of rotatable bonds is 7. The van der Waals surface area contributed by atoms with E-state index in [1.165, 1.54) is 0 Å².